The number of carbonyl (C=O) groups excluding carboxylic acids is 1. The van der Waals surface area contributed by atoms with E-state index >= 15 is 0 Å². The summed E-state index contributed by atoms with van der Waals surface area (Å²) in [7, 11) is -2.41. The molecule has 2 atom stereocenters. The predicted molar refractivity (Wildman–Crippen MR) is 179 cm³/mol. The summed E-state index contributed by atoms with van der Waals surface area (Å²) < 4.78 is 20.1. The first-order valence-corrected chi connectivity index (χ1v) is 23.7. The van der Waals surface area contributed by atoms with Crippen LogP contribution in [0.4, 0.5) is 10.6 Å². The molecule has 1 amide bonds. The van der Waals surface area contributed by atoms with E-state index in [4.69, 9.17) is 19.2 Å². The highest BCUT2D eigenvalue weighted by Gasteiger charge is 2.40. The molecule has 0 saturated carbocycles. The monoisotopic (exact) mass is 633 g/mol. The SMILES string of the molecule is CC(C)(C)OC(=O)N1C2C=C(c3cc(N(COCC[Si](C)(C)C)COCC[Si](C)(C)C)n4nccc4n3)CC1CSC2. The number of nitrogens with zero attached hydrogens (tertiary/aromatic N) is 5. The second-order valence-corrected chi connectivity index (χ2v) is 27.2. The Balaban J connectivity index is 1.61. The molecule has 42 heavy (non-hydrogen) atoms. The zero-order chi connectivity index (χ0) is 30.7. The summed E-state index contributed by atoms with van der Waals surface area (Å²) in [5.74, 6) is 2.64. The summed E-state index contributed by atoms with van der Waals surface area (Å²) in [6.07, 6.45) is 4.51. The quantitative estimate of drug-likeness (QED) is 0.146. The minimum atomic E-state index is -1.21. The molecule has 1 fully saturated rings. The largest absolute Gasteiger partial charge is 0.444 e. The highest BCUT2D eigenvalue weighted by Crippen LogP contribution is 2.37. The molecule has 0 aliphatic carbocycles. The van der Waals surface area contributed by atoms with Crippen LogP contribution in [0.3, 0.4) is 0 Å². The number of fused-ring (bicyclic) bond motifs is 3. The van der Waals surface area contributed by atoms with E-state index < -0.39 is 21.7 Å². The number of amides is 1. The number of anilines is 1. The molecular weight excluding hydrogens is 583 g/mol. The van der Waals surface area contributed by atoms with Gasteiger partial charge in [-0.15, -0.1) is 0 Å². The Bertz CT molecular complexity index is 1230. The molecule has 0 aromatic carbocycles. The Morgan fingerprint density at radius 3 is 2.26 bits per heavy atom. The molecule has 2 aromatic rings. The minimum Gasteiger partial charge on any atom is -0.444 e. The molecule has 2 aromatic heterocycles. The van der Waals surface area contributed by atoms with Gasteiger partial charge in [-0.05, 0) is 44.9 Å². The molecule has 2 unspecified atom stereocenters. The third-order valence-electron chi connectivity index (χ3n) is 7.28. The lowest BCUT2D eigenvalue weighted by Gasteiger charge is -2.44. The van der Waals surface area contributed by atoms with Gasteiger partial charge in [-0.2, -0.15) is 21.4 Å². The zero-order valence-corrected chi connectivity index (χ0v) is 29.9. The second kappa shape index (κ2) is 13.4. The van der Waals surface area contributed by atoms with Gasteiger partial charge < -0.3 is 19.1 Å². The molecule has 4 heterocycles. The number of carbonyl (C=O) groups is 1. The van der Waals surface area contributed by atoms with E-state index in [1.165, 1.54) is 0 Å². The lowest BCUT2D eigenvalue weighted by molar-refractivity contribution is 0.0121. The van der Waals surface area contributed by atoms with E-state index in [0.717, 1.165) is 66.0 Å². The first-order valence-electron chi connectivity index (χ1n) is 15.1. The number of ether oxygens (including phenoxy) is 3. The van der Waals surface area contributed by atoms with E-state index in [9.17, 15) is 4.79 Å². The Morgan fingerprint density at radius 1 is 1.05 bits per heavy atom. The van der Waals surface area contributed by atoms with E-state index in [2.05, 4.69) is 61.4 Å². The highest BCUT2D eigenvalue weighted by atomic mass is 32.2. The number of aromatic nitrogens is 3. The lowest BCUT2D eigenvalue weighted by atomic mass is 9.94. The van der Waals surface area contributed by atoms with Crippen molar-refractivity contribution in [3.63, 3.8) is 0 Å². The third kappa shape index (κ3) is 9.31. The first-order chi connectivity index (χ1) is 19.6. The molecule has 2 aliphatic heterocycles. The van der Waals surface area contributed by atoms with Gasteiger partial charge in [0.25, 0.3) is 0 Å². The van der Waals surface area contributed by atoms with E-state index in [0.29, 0.717) is 13.5 Å². The average molecular weight is 634 g/mol. The molecule has 2 aliphatic rings. The smallest absolute Gasteiger partial charge is 0.411 e. The summed E-state index contributed by atoms with van der Waals surface area (Å²) in [6.45, 7) is 22.3. The van der Waals surface area contributed by atoms with Crippen LogP contribution in [0.5, 0.6) is 0 Å². The van der Waals surface area contributed by atoms with Crippen molar-refractivity contribution in [2.45, 2.75) is 96.2 Å². The average Bonchev–Trinajstić information content (AvgIpc) is 3.33. The number of hydrogen-bond acceptors (Lipinski definition) is 8. The van der Waals surface area contributed by atoms with Crippen molar-refractivity contribution in [1.82, 2.24) is 19.5 Å². The Kier molecular flexibility index (Phi) is 10.6. The molecule has 9 nitrogen and oxygen atoms in total. The predicted octanol–water partition coefficient (Wildman–Crippen LogP) is 6.67. The summed E-state index contributed by atoms with van der Waals surface area (Å²) in [6, 6.07) is 6.32. The fraction of sp³-hybridized carbons (Fsp3) is 0.700. The van der Waals surface area contributed by atoms with Gasteiger partial charge >= 0.3 is 6.09 Å². The fourth-order valence-electron chi connectivity index (χ4n) is 4.95. The molecule has 1 saturated heterocycles. The van der Waals surface area contributed by atoms with Crippen molar-refractivity contribution in [3.8, 4) is 0 Å². The first kappa shape index (κ1) is 33.0. The standard InChI is InChI=1S/C30H51N5O4SSi2/c1-30(2,3)39-29(36)34-24-16-23(17-25(34)20-40-19-24)26-18-28(35-27(32-26)10-11-31-35)33(21-37-12-14-41(4,5)6)22-38-13-15-42(7,8)9/h10-11,16,18,24-25H,12-15,17,19-22H2,1-9H3. The van der Waals surface area contributed by atoms with Crippen LogP contribution >= 0.6 is 11.8 Å². The normalized spacial score (nSPS) is 19.6. The van der Waals surface area contributed by atoms with Gasteiger partial charge in [-0.1, -0.05) is 45.4 Å². The van der Waals surface area contributed by atoms with Crippen molar-refractivity contribution < 1.29 is 19.0 Å². The van der Waals surface area contributed by atoms with Crippen molar-refractivity contribution in [2.75, 3.05) is 43.1 Å². The molecule has 2 bridgehead atoms. The highest BCUT2D eigenvalue weighted by molar-refractivity contribution is 7.99. The van der Waals surface area contributed by atoms with Crippen LogP contribution in [0.15, 0.2) is 24.4 Å². The molecule has 0 spiro atoms. The van der Waals surface area contributed by atoms with Crippen LogP contribution in [0.1, 0.15) is 32.9 Å². The van der Waals surface area contributed by atoms with Gasteiger partial charge in [0.15, 0.2) is 5.65 Å². The molecule has 0 N–H and O–H groups in total. The van der Waals surface area contributed by atoms with Gasteiger partial charge in [-0.3, -0.25) is 4.90 Å². The minimum absolute atomic E-state index is 0.0235. The lowest BCUT2D eigenvalue weighted by Crippen LogP contribution is -2.55. The van der Waals surface area contributed by atoms with Crippen LogP contribution in [0.25, 0.3) is 11.2 Å². The topological polar surface area (TPSA) is 81.4 Å². The second-order valence-electron chi connectivity index (χ2n) is 14.9. The van der Waals surface area contributed by atoms with Gasteiger partial charge in [0.05, 0.1) is 17.9 Å². The van der Waals surface area contributed by atoms with Crippen LogP contribution in [-0.4, -0.2) is 97.6 Å². The van der Waals surface area contributed by atoms with Crippen LogP contribution in [0.2, 0.25) is 51.4 Å². The zero-order valence-electron chi connectivity index (χ0n) is 27.1. The molecule has 0 radical (unpaired) electrons. The molecular formula is C30H51N5O4SSi2. The summed E-state index contributed by atoms with van der Waals surface area (Å²) in [5, 5.41) is 4.61. The number of rotatable bonds is 12. The summed E-state index contributed by atoms with van der Waals surface area (Å²) >= 11 is 1.90. The van der Waals surface area contributed by atoms with Gasteiger partial charge in [-0.25, -0.2) is 9.78 Å². The third-order valence-corrected chi connectivity index (χ3v) is 11.9. The Labute approximate surface area is 258 Å². The van der Waals surface area contributed by atoms with Crippen molar-refractivity contribution in [3.05, 3.63) is 30.1 Å². The van der Waals surface area contributed by atoms with Gasteiger partial charge in [0.1, 0.15) is 24.9 Å². The number of hydrogen-bond donors (Lipinski definition) is 0. The maximum atomic E-state index is 13.1. The maximum Gasteiger partial charge on any atom is 0.411 e. The molecule has 4 rings (SSSR count). The van der Waals surface area contributed by atoms with Crippen LogP contribution in [0, 0.1) is 0 Å². The van der Waals surface area contributed by atoms with Crippen molar-refractivity contribution in [1.29, 1.82) is 0 Å². The maximum absolute atomic E-state index is 13.1. The molecule has 12 heteroatoms. The van der Waals surface area contributed by atoms with Crippen molar-refractivity contribution in [2.24, 2.45) is 0 Å². The van der Waals surface area contributed by atoms with Crippen LogP contribution < -0.4 is 4.90 Å². The number of thioether (sulfide) groups is 1. The van der Waals surface area contributed by atoms with Gasteiger partial charge in [0, 0.05) is 59.0 Å². The van der Waals surface area contributed by atoms with Crippen LogP contribution in [-0.2, 0) is 14.2 Å². The van der Waals surface area contributed by atoms with E-state index in [1.807, 2.05) is 48.0 Å². The van der Waals surface area contributed by atoms with Crippen molar-refractivity contribution >= 4 is 51.0 Å². The Morgan fingerprint density at radius 2 is 1.69 bits per heavy atom. The fourth-order valence-corrected chi connectivity index (χ4v) is 7.65. The van der Waals surface area contributed by atoms with E-state index in [-0.39, 0.29) is 18.2 Å². The van der Waals surface area contributed by atoms with Gasteiger partial charge in [0.2, 0.25) is 0 Å². The van der Waals surface area contributed by atoms with E-state index in [1.54, 1.807) is 6.20 Å². The Hall–Kier alpha value is -1.87. The summed E-state index contributed by atoms with van der Waals surface area (Å²) in [5.41, 5.74) is 2.34. The molecule has 234 valence electrons. The summed E-state index contributed by atoms with van der Waals surface area (Å²) in [4.78, 5) is 22.2.